The van der Waals surface area contributed by atoms with Gasteiger partial charge < -0.3 is 40.6 Å². The van der Waals surface area contributed by atoms with Crippen molar-refractivity contribution in [1.29, 1.82) is 0 Å². The van der Waals surface area contributed by atoms with E-state index < -0.39 is 0 Å². The van der Waals surface area contributed by atoms with Crippen LogP contribution >= 0.6 is 0 Å². The van der Waals surface area contributed by atoms with E-state index in [2.05, 4.69) is 55.9 Å². The predicted octanol–water partition coefficient (Wildman–Crippen LogP) is 5.32. The number of likely N-dealkylation sites (tertiary alicyclic amines) is 4. The standard InChI is InChI=1S/C29H38N4O2.C14H29N3O/c34-29(30-24-13-17-33(18-14-24)20-19-32-15-6-1-2-7-16-32)27-21-25-26(31-27)11-8-12-28(25)35-22-23-9-4-3-5-10-23;1-11-9-17(8-5-14(11)18)12(2)10-16-6-3-13(15)4-7-16/h3-5,8-12,21,24,31H,1-2,6-7,13-20,22H2,(H,30,34);11-14,18H,3-10,15H2,1-2H3/t;11-,12-,14-/m.0/s1. The van der Waals surface area contributed by atoms with E-state index in [1.165, 1.54) is 45.3 Å². The van der Waals surface area contributed by atoms with E-state index >= 15 is 0 Å². The van der Waals surface area contributed by atoms with Crippen molar-refractivity contribution < 1.29 is 14.6 Å². The highest BCUT2D eigenvalue weighted by Crippen LogP contribution is 2.28. The number of H-pyrrole nitrogens is 1. The van der Waals surface area contributed by atoms with Gasteiger partial charge in [0.1, 0.15) is 18.1 Å². The van der Waals surface area contributed by atoms with Gasteiger partial charge in [0, 0.05) is 74.8 Å². The first-order valence-corrected chi connectivity index (χ1v) is 20.7. The molecule has 1 amide bonds. The average Bonchev–Trinajstić information content (AvgIpc) is 3.46. The maximum Gasteiger partial charge on any atom is 0.267 e. The summed E-state index contributed by atoms with van der Waals surface area (Å²) in [5, 5.41) is 14.0. The number of aromatic amines is 1. The Labute approximate surface area is 318 Å². The molecular formula is C43H67N7O3. The maximum absolute atomic E-state index is 13.0. The van der Waals surface area contributed by atoms with Gasteiger partial charge >= 0.3 is 0 Å². The molecule has 53 heavy (non-hydrogen) atoms. The number of hydrogen-bond donors (Lipinski definition) is 4. The van der Waals surface area contributed by atoms with Gasteiger partial charge in [-0.2, -0.15) is 0 Å². The lowest BCUT2D eigenvalue weighted by molar-refractivity contribution is 0.0119. The van der Waals surface area contributed by atoms with Crippen LogP contribution in [-0.2, 0) is 6.61 Å². The molecule has 0 bridgehead atoms. The lowest BCUT2D eigenvalue weighted by Gasteiger charge is -2.41. The van der Waals surface area contributed by atoms with Crippen LogP contribution in [0.4, 0.5) is 0 Å². The Balaban J connectivity index is 0.000000225. The molecule has 4 fully saturated rings. The summed E-state index contributed by atoms with van der Waals surface area (Å²) in [7, 11) is 0. The molecule has 1 aromatic heterocycles. The van der Waals surface area contributed by atoms with Crippen molar-refractivity contribution in [3.63, 3.8) is 0 Å². The van der Waals surface area contributed by atoms with Crippen LogP contribution in [0.3, 0.4) is 0 Å². The van der Waals surface area contributed by atoms with Gasteiger partial charge in [0.05, 0.1) is 6.10 Å². The summed E-state index contributed by atoms with van der Waals surface area (Å²) in [5.74, 6) is 1.17. The summed E-state index contributed by atoms with van der Waals surface area (Å²) < 4.78 is 6.07. The second-order valence-corrected chi connectivity index (χ2v) is 16.3. The van der Waals surface area contributed by atoms with Crippen LogP contribution in [0.25, 0.3) is 10.9 Å². The van der Waals surface area contributed by atoms with E-state index in [1.807, 2.05) is 42.5 Å². The number of nitrogens with two attached hydrogens (primary N) is 1. The number of aromatic nitrogens is 1. The Bertz CT molecular complexity index is 1510. The molecule has 7 rings (SSSR count). The lowest BCUT2D eigenvalue weighted by Crippen LogP contribution is -2.51. The van der Waals surface area contributed by atoms with Gasteiger partial charge in [0.15, 0.2) is 0 Å². The predicted molar refractivity (Wildman–Crippen MR) is 215 cm³/mol. The third-order valence-electron chi connectivity index (χ3n) is 12.1. The number of amides is 1. The number of carbonyl (C=O) groups is 1. The summed E-state index contributed by atoms with van der Waals surface area (Å²) in [6, 6.07) is 19.2. The second-order valence-electron chi connectivity index (χ2n) is 16.3. The number of aliphatic hydroxyl groups excluding tert-OH is 1. The van der Waals surface area contributed by atoms with Crippen LogP contribution in [0, 0.1) is 5.92 Å². The third kappa shape index (κ3) is 12.0. The largest absolute Gasteiger partial charge is 0.488 e. The fourth-order valence-corrected chi connectivity index (χ4v) is 8.51. The van der Waals surface area contributed by atoms with E-state index in [0.717, 1.165) is 107 Å². The summed E-state index contributed by atoms with van der Waals surface area (Å²) in [5.41, 5.74) is 8.58. The number of rotatable bonds is 11. The van der Waals surface area contributed by atoms with Crippen LogP contribution in [0.1, 0.15) is 87.7 Å². The molecule has 0 saturated carbocycles. The van der Waals surface area contributed by atoms with E-state index in [-0.39, 0.29) is 18.1 Å². The third-order valence-corrected chi connectivity index (χ3v) is 12.1. The molecule has 0 unspecified atom stereocenters. The highest BCUT2D eigenvalue weighted by Gasteiger charge is 2.28. The van der Waals surface area contributed by atoms with Crippen LogP contribution in [-0.4, -0.2) is 132 Å². The molecule has 3 aromatic rings. The van der Waals surface area contributed by atoms with Crippen LogP contribution in [0.5, 0.6) is 5.75 Å². The molecule has 5 heterocycles. The van der Waals surface area contributed by atoms with Crippen LogP contribution in [0.2, 0.25) is 0 Å². The molecule has 4 aliphatic heterocycles. The highest BCUT2D eigenvalue weighted by atomic mass is 16.5. The minimum Gasteiger partial charge on any atom is -0.488 e. The SMILES string of the molecule is C[C@H]1CN([C@@H](C)CN2CCC(N)CC2)CC[C@@H]1O.O=C(NC1CCN(CCN2CCCCCC2)CC1)c1cc2c(OCc3ccccc3)cccc2[nH]1. The van der Waals surface area contributed by atoms with E-state index in [0.29, 0.717) is 30.3 Å². The topological polar surface area (TPSA) is 113 Å². The molecule has 0 radical (unpaired) electrons. The molecule has 5 N–H and O–H groups in total. The first-order valence-electron chi connectivity index (χ1n) is 20.7. The van der Waals surface area contributed by atoms with Gasteiger partial charge in [-0.25, -0.2) is 0 Å². The van der Waals surface area contributed by atoms with Gasteiger partial charge in [-0.05, 0) is 108 Å². The fourth-order valence-electron chi connectivity index (χ4n) is 8.51. The molecule has 2 aromatic carbocycles. The molecule has 292 valence electrons. The average molecular weight is 730 g/mol. The van der Waals surface area contributed by atoms with E-state index in [9.17, 15) is 9.90 Å². The number of nitrogens with zero attached hydrogens (tertiary/aromatic N) is 4. The number of fused-ring (bicyclic) bond motifs is 1. The smallest absolute Gasteiger partial charge is 0.267 e. The van der Waals surface area contributed by atoms with Gasteiger partial charge in [0.2, 0.25) is 0 Å². The number of nitrogens with one attached hydrogen (secondary N) is 2. The quantitative estimate of drug-likeness (QED) is 0.210. The molecule has 3 atom stereocenters. The molecule has 4 aliphatic rings. The minimum absolute atomic E-state index is 0.0294. The van der Waals surface area contributed by atoms with Gasteiger partial charge in [-0.1, -0.05) is 56.2 Å². The van der Waals surface area contributed by atoms with Crippen LogP contribution < -0.4 is 15.8 Å². The number of aliphatic hydroxyl groups is 1. The Kier molecular flexibility index (Phi) is 15.0. The Morgan fingerprint density at radius 1 is 0.868 bits per heavy atom. The van der Waals surface area contributed by atoms with Crippen LogP contribution in [0.15, 0.2) is 54.6 Å². The highest BCUT2D eigenvalue weighted by molar-refractivity contribution is 5.99. The van der Waals surface area contributed by atoms with E-state index in [1.54, 1.807) is 0 Å². The number of ether oxygens (including phenoxy) is 1. The minimum atomic E-state index is -0.0959. The number of benzene rings is 2. The Hall–Kier alpha value is -2.99. The first-order chi connectivity index (χ1) is 25.8. The zero-order valence-electron chi connectivity index (χ0n) is 32.6. The summed E-state index contributed by atoms with van der Waals surface area (Å²) >= 11 is 0. The van der Waals surface area contributed by atoms with Gasteiger partial charge in [-0.3, -0.25) is 9.69 Å². The Morgan fingerprint density at radius 2 is 1.55 bits per heavy atom. The lowest BCUT2D eigenvalue weighted by atomic mass is 9.95. The van der Waals surface area contributed by atoms with E-state index in [4.69, 9.17) is 10.5 Å². The maximum atomic E-state index is 13.0. The fraction of sp³-hybridized carbons (Fsp3) is 0.651. The molecule has 10 nitrogen and oxygen atoms in total. The first kappa shape index (κ1) is 39.7. The van der Waals surface area contributed by atoms with Crippen molar-refractivity contribution in [1.82, 2.24) is 29.9 Å². The van der Waals surface area contributed by atoms with Crippen molar-refractivity contribution in [2.24, 2.45) is 11.7 Å². The van der Waals surface area contributed by atoms with Crippen molar-refractivity contribution >= 4 is 16.8 Å². The summed E-state index contributed by atoms with van der Waals surface area (Å²) in [6.45, 7) is 17.5. The van der Waals surface area contributed by atoms with Crippen molar-refractivity contribution in [3.8, 4) is 5.75 Å². The zero-order valence-corrected chi connectivity index (χ0v) is 32.6. The molecule has 0 aliphatic carbocycles. The summed E-state index contributed by atoms with van der Waals surface area (Å²) in [4.78, 5) is 26.6. The molecule has 4 saturated heterocycles. The number of piperidine rings is 3. The van der Waals surface area contributed by atoms with Gasteiger partial charge in [-0.15, -0.1) is 0 Å². The number of hydrogen-bond acceptors (Lipinski definition) is 8. The van der Waals surface area contributed by atoms with Crippen molar-refractivity contribution in [2.45, 2.75) is 102 Å². The molecule has 0 spiro atoms. The van der Waals surface area contributed by atoms with Crippen molar-refractivity contribution in [3.05, 3.63) is 65.9 Å². The monoisotopic (exact) mass is 730 g/mol. The van der Waals surface area contributed by atoms with Crippen molar-refractivity contribution in [2.75, 3.05) is 72.0 Å². The second kappa shape index (κ2) is 20.1. The molecule has 10 heteroatoms. The normalized spacial score (nSPS) is 23.9. The zero-order chi connectivity index (χ0) is 37.0. The van der Waals surface area contributed by atoms with Gasteiger partial charge in [0.25, 0.3) is 5.91 Å². The number of carbonyl (C=O) groups excluding carboxylic acids is 1. The Morgan fingerprint density at radius 3 is 2.25 bits per heavy atom. The summed E-state index contributed by atoms with van der Waals surface area (Å²) in [6.07, 6.45) is 10.6. The molecular weight excluding hydrogens is 663 g/mol.